The van der Waals surface area contributed by atoms with E-state index in [-0.39, 0.29) is 5.91 Å². The van der Waals surface area contributed by atoms with E-state index in [0.717, 1.165) is 24.9 Å². The number of amides is 1. The maximum absolute atomic E-state index is 12.4. The molecule has 0 radical (unpaired) electrons. The Morgan fingerprint density at radius 2 is 2.22 bits per heavy atom. The van der Waals surface area contributed by atoms with Crippen LogP contribution in [0.5, 0.6) is 0 Å². The molecule has 1 aromatic carbocycles. The lowest BCUT2D eigenvalue weighted by atomic mass is 10.0. The van der Waals surface area contributed by atoms with Gasteiger partial charge in [-0.05, 0) is 34.9 Å². The molecule has 1 N–H and O–H groups in total. The van der Waals surface area contributed by atoms with Gasteiger partial charge in [0.2, 0.25) is 5.91 Å². The van der Waals surface area contributed by atoms with Crippen LogP contribution < -0.4 is 0 Å². The van der Waals surface area contributed by atoms with Gasteiger partial charge >= 0.3 is 0 Å². The molecule has 0 bridgehead atoms. The van der Waals surface area contributed by atoms with Gasteiger partial charge < -0.3 is 9.88 Å². The van der Waals surface area contributed by atoms with Crippen LogP contribution in [0.1, 0.15) is 24.1 Å². The van der Waals surface area contributed by atoms with Gasteiger partial charge in [-0.15, -0.1) is 5.10 Å². The third-order valence-corrected chi connectivity index (χ3v) is 4.40. The lowest BCUT2D eigenvalue weighted by molar-refractivity contribution is -0.132. The number of carbonyl (C=O) groups is 1. The molecule has 0 aliphatic carbocycles. The van der Waals surface area contributed by atoms with Gasteiger partial charge in [-0.3, -0.25) is 4.79 Å². The lowest BCUT2D eigenvalue weighted by Crippen LogP contribution is -2.35. The van der Waals surface area contributed by atoms with E-state index in [0.29, 0.717) is 19.5 Å². The van der Waals surface area contributed by atoms with Gasteiger partial charge in [-0.2, -0.15) is 0 Å². The van der Waals surface area contributed by atoms with Crippen molar-refractivity contribution in [1.29, 1.82) is 0 Å². The molecular formula is C16H18N6O. The number of aromatic amines is 1. The minimum Gasteiger partial charge on any atom is -0.357 e. The van der Waals surface area contributed by atoms with E-state index < -0.39 is 0 Å². The molecule has 0 saturated carbocycles. The molecule has 0 unspecified atom stereocenters. The summed E-state index contributed by atoms with van der Waals surface area (Å²) in [6.45, 7) is 2.14. The van der Waals surface area contributed by atoms with Crippen molar-refractivity contribution in [1.82, 2.24) is 30.1 Å². The second kappa shape index (κ2) is 5.83. The smallest absolute Gasteiger partial charge is 0.222 e. The summed E-state index contributed by atoms with van der Waals surface area (Å²) in [7, 11) is 0. The number of nitrogens with one attached hydrogen (secondary N) is 1. The second-order valence-corrected chi connectivity index (χ2v) is 5.87. The first-order valence-corrected chi connectivity index (χ1v) is 7.88. The van der Waals surface area contributed by atoms with Crippen molar-refractivity contribution in [2.24, 2.45) is 0 Å². The molecule has 4 rings (SSSR count). The summed E-state index contributed by atoms with van der Waals surface area (Å²) in [6, 6.07) is 8.33. The van der Waals surface area contributed by atoms with Crippen LogP contribution in [0.2, 0.25) is 0 Å². The fourth-order valence-corrected chi connectivity index (χ4v) is 3.24. The van der Waals surface area contributed by atoms with Crippen LogP contribution in [0, 0.1) is 0 Å². The zero-order chi connectivity index (χ0) is 15.6. The summed E-state index contributed by atoms with van der Waals surface area (Å²) in [6.07, 6.45) is 3.76. The number of rotatable bonds is 4. The Morgan fingerprint density at radius 1 is 1.30 bits per heavy atom. The molecule has 2 aromatic heterocycles. The van der Waals surface area contributed by atoms with Crippen molar-refractivity contribution in [2.75, 3.05) is 6.54 Å². The number of fused-ring (bicyclic) bond motifs is 3. The Bertz CT molecular complexity index is 822. The molecule has 3 heterocycles. The molecule has 23 heavy (non-hydrogen) atoms. The highest BCUT2D eigenvalue weighted by Gasteiger charge is 2.23. The normalized spacial score (nSPS) is 14.2. The molecule has 0 atom stereocenters. The van der Waals surface area contributed by atoms with Crippen molar-refractivity contribution in [2.45, 2.75) is 32.4 Å². The number of hydrogen-bond acceptors (Lipinski definition) is 4. The number of para-hydroxylation sites is 1. The highest BCUT2D eigenvalue weighted by atomic mass is 16.2. The van der Waals surface area contributed by atoms with Crippen molar-refractivity contribution < 1.29 is 4.79 Å². The SMILES string of the molecule is O=C(CCCn1cnnn1)N1CCc2c([nH]c3ccccc23)C1. The molecule has 7 heteroatoms. The summed E-state index contributed by atoms with van der Waals surface area (Å²) in [5.74, 6) is 0.197. The maximum atomic E-state index is 12.4. The van der Waals surface area contributed by atoms with Gasteiger partial charge in [-0.25, -0.2) is 4.68 Å². The second-order valence-electron chi connectivity index (χ2n) is 5.87. The number of aromatic nitrogens is 5. The molecule has 118 valence electrons. The minimum atomic E-state index is 0.197. The first kappa shape index (κ1) is 13.9. The van der Waals surface area contributed by atoms with Gasteiger partial charge in [0.1, 0.15) is 6.33 Å². The Labute approximate surface area is 133 Å². The molecule has 0 saturated heterocycles. The van der Waals surface area contributed by atoms with Gasteiger partial charge in [0.05, 0.1) is 6.54 Å². The zero-order valence-electron chi connectivity index (χ0n) is 12.8. The van der Waals surface area contributed by atoms with Gasteiger partial charge in [-0.1, -0.05) is 18.2 Å². The van der Waals surface area contributed by atoms with E-state index >= 15 is 0 Å². The molecular weight excluding hydrogens is 292 g/mol. The molecule has 1 amide bonds. The third kappa shape index (κ3) is 2.69. The van der Waals surface area contributed by atoms with Gasteiger partial charge in [0.25, 0.3) is 0 Å². The number of aryl methyl sites for hydroxylation is 1. The Kier molecular flexibility index (Phi) is 3.53. The van der Waals surface area contributed by atoms with Crippen molar-refractivity contribution in [3.8, 4) is 0 Å². The maximum Gasteiger partial charge on any atom is 0.222 e. The summed E-state index contributed by atoms with van der Waals surface area (Å²) in [5, 5.41) is 12.3. The minimum absolute atomic E-state index is 0.197. The fraction of sp³-hybridized carbons (Fsp3) is 0.375. The van der Waals surface area contributed by atoms with Crippen LogP contribution in [0.3, 0.4) is 0 Å². The number of benzene rings is 1. The average Bonchev–Trinajstić information content (AvgIpc) is 3.21. The quantitative estimate of drug-likeness (QED) is 0.792. The van der Waals surface area contributed by atoms with E-state index in [1.165, 1.54) is 16.6 Å². The molecule has 1 aliphatic rings. The molecule has 3 aromatic rings. The fourth-order valence-electron chi connectivity index (χ4n) is 3.24. The number of nitrogens with zero attached hydrogens (tertiary/aromatic N) is 5. The third-order valence-electron chi connectivity index (χ3n) is 4.40. The van der Waals surface area contributed by atoms with Crippen LogP contribution in [-0.2, 0) is 24.3 Å². The highest BCUT2D eigenvalue weighted by molar-refractivity contribution is 5.85. The molecule has 0 fully saturated rings. The van der Waals surface area contributed by atoms with Crippen LogP contribution in [0.25, 0.3) is 10.9 Å². The van der Waals surface area contributed by atoms with E-state index in [1.807, 2.05) is 11.0 Å². The van der Waals surface area contributed by atoms with E-state index in [9.17, 15) is 4.79 Å². The Morgan fingerprint density at radius 3 is 3.09 bits per heavy atom. The van der Waals surface area contributed by atoms with Crippen LogP contribution >= 0.6 is 0 Å². The summed E-state index contributed by atoms with van der Waals surface area (Å²) in [4.78, 5) is 17.8. The first-order valence-electron chi connectivity index (χ1n) is 7.88. The van der Waals surface area contributed by atoms with Gasteiger partial charge in [0, 0.05) is 36.1 Å². The number of H-pyrrole nitrogens is 1. The van der Waals surface area contributed by atoms with Crippen LogP contribution in [-0.4, -0.2) is 42.5 Å². The highest BCUT2D eigenvalue weighted by Crippen LogP contribution is 2.27. The van der Waals surface area contributed by atoms with Crippen molar-refractivity contribution >= 4 is 16.8 Å². The van der Waals surface area contributed by atoms with Crippen molar-refractivity contribution in [3.63, 3.8) is 0 Å². The van der Waals surface area contributed by atoms with Crippen LogP contribution in [0.15, 0.2) is 30.6 Å². The predicted octanol–water partition coefficient (Wildman–Crippen LogP) is 1.52. The van der Waals surface area contributed by atoms with Crippen LogP contribution in [0.4, 0.5) is 0 Å². The topological polar surface area (TPSA) is 79.7 Å². The van der Waals surface area contributed by atoms with E-state index in [4.69, 9.17) is 0 Å². The Balaban J connectivity index is 1.40. The lowest BCUT2D eigenvalue weighted by Gasteiger charge is -2.27. The number of carbonyl (C=O) groups excluding carboxylic acids is 1. The standard InChI is InChI=1S/C16H18N6O/c23-16(6-3-8-22-11-17-19-20-22)21-9-7-13-12-4-1-2-5-14(12)18-15(13)10-21/h1-2,4-5,11,18H,3,6-10H2. The largest absolute Gasteiger partial charge is 0.357 e. The number of hydrogen-bond donors (Lipinski definition) is 1. The molecule has 0 spiro atoms. The monoisotopic (exact) mass is 310 g/mol. The summed E-state index contributed by atoms with van der Waals surface area (Å²) < 4.78 is 1.65. The first-order chi connectivity index (χ1) is 11.3. The molecule has 7 nitrogen and oxygen atoms in total. The van der Waals surface area contributed by atoms with E-state index in [2.05, 4.69) is 38.7 Å². The summed E-state index contributed by atoms with van der Waals surface area (Å²) in [5.41, 5.74) is 3.69. The zero-order valence-corrected chi connectivity index (χ0v) is 12.8. The summed E-state index contributed by atoms with van der Waals surface area (Å²) >= 11 is 0. The van der Waals surface area contributed by atoms with Gasteiger partial charge in [0.15, 0.2) is 0 Å². The average molecular weight is 310 g/mol. The van der Waals surface area contributed by atoms with E-state index in [1.54, 1.807) is 11.0 Å². The van der Waals surface area contributed by atoms with Crippen molar-refractivity contribution in [3.05, 3.63) is 41.9 Å². The number of tetrazole rings is 1. The Hall–Kier alpha value is -2.70. The molecule has 1 aliphatic heterocycles. The predicted molar refractivity (Wildman–Crippen MR) is 84.5 cm³/mol.